The molecule has 0 fully saturated rings. The molecule has 0 aliphatic carbocycles. The van der Waals surface area contributed by atoms with Gasteiger partial charge < -0.3 is 4.74 Å². The van der Waals surface area contributed by atoms with Gasteiger partial charge in [0.25, 0.3) is 12.3 Å². The fourth-order valence-corrected chi connectivity index (χ4v) is 3.18. The zero-order valence-electron chi connectivity index (χ0n) is 12.2. The van der Waals surface area contributed by atoms with E-state index in [1.165, 1.54) is 11.3 Å². The molecule has 3 rings (SSSR count). The van der Waals surface area contributed by atoms with Crippen LogP contribution in [-0.4, -0.2) is 28.2 Å². The second kappa shape index (κ2) is 6.97. The van der Waals surface area contributed by atoms with Gasteiger partial charge in [0.1, 0.15) is 16.5 Å². The van der Waals surface area contributed by atoms with E-state index < -0.39 is 17.3 Å². The topological polar surface area (TPSA) is 77.0 Å². The Kier molecular flexibility index (Phi) is 4.76. The summed E-state index contributed by atoms with van der Waals surface area (Å²) in [7, 11) is 1.58. The van der Waals surface area contributed by atoms with E-state index in [9.17, 15) is 13.6 Å². The number of anilines is 1. The maximum atomic E-state index is 12.5. The van der Waals surface area contributed by atoms with Gasteiger partial charge in [-0.25, -0.2) is 13.8 Å². The number of benzene rings is 1. The van der Waals surface area contributed by atoms with Gasteiger partial charge in [-0.3, -0.25) is 10.1 Å². The first kappa shape index (κ1) is 16.4. The number of ether oxygens (including phenoxy) is 1. The molecule has 0 spiro atoms. The standard InChI is InChI=1S/C14H10F2N4O2S2/c1-22-8-4-2-7(3-5-8)12-17-9(6-23-12)11(21)18-14-20-19-13(24-14)10(15)16/h2-6,10H,1H3,(H,18,20,21). The molecule has 2 heterocycles. The van der Waals surface area contributed by atoms with Crippen LogP contribution in [0.4, 0.5) is 13.9 Å². The number of nitrogens with one attached hydrogen (secondary N) is 1. The Morgan fingerprint density at radius 1 is 1.25 bits per heavy atom. The zero-order chi connectivity index (χ0) is 17.1. The fourth-order valence-electron chi connectivity index (χ4n) is 1.78. The van der Waals surface area contributed by atoms with Crippen molar-refractivity contribution in [2.24, 2.45) is 0 Å². The molecule has 124 valence electrons. The minimum atomic E-state index is -2.71. The first-order valence-electron chi connectivity index (χ1n) is 6.59. The fraction of sp³-hybridized carbons (Fsp3) is 0.143. The number of amides is 1. The van der Waals surface area contributed by atoms with E-state index in [0.29, 0.717) is 16.3 Å². The lowest BCUT2D eigenvalue weighted by molar-refractivity contribution is 0.102. The summed E-state index contributed by atoms with van der Waals surface area (Å²) in [5.41, 5.74) is 1.02. The molecule has 10 heteroatoms. The van der Waals surface area contributed by atoms with E-state index in [-0.39, 0.29) is 10.8 Å². The molecule has 6 nitrogen and oxygen atoms in total. The number of methoxy groups -OCH3 is 1. The minimum Gasteiger partial charge on any atom is -0.497 e. The predicted octanol–water partition coefficient (Wildman–Crippen LogP) is 3.86. The number of halogens is 2. The van der Waals surface area contributed by atoms with Gasteiger partial charge in [0, 0.05) is 10.9 Å². The quantitative estimate of drug-likeness (QED) is 0.740. The zero-order valence-corrected chi connectivity index (χ0v) is 13.8. The summed E-state index contributed by atoms with van der Waals surface area (Å²) in [5, 5.41) is 11.0. The molecule has 0 aliphatic rings. The number of rotatable bonds is 5. The molecule has 0 aliphatic heterocycles. The van der Waals surface area contributed by atoms with Crippen molar-refractivity contribution in [3.63, 3.8) is 0 Å². The molecular weight excluding hydrogens is 358 g/mol. The molecule has 1 amide bonds. The Hall–Kier alpha value is -2.46. The highest BCUT2D eigenvalue weighted by molar-refractivity contribution is 7.15. The van der Waals surface area contributed by atoms with Crippen molar-refractivity contribution < 1.29 is 18.3 Å². The third-order valence-corrected chi connectivity index (χ3v) is 4.66. The van der Waals surface area contributed by atoms with Gasteiger partial charge in [-0.2, -0.15) is 0 Å². The highest BCUT2D eigenvalue weighted by Gasteiger charge is 2.17. The Morgan fingerprint density at radius 2 is 2.00 bits per heavy atom. The van der Waals surface area contributed by atoms with Gasteiger partial charge >= 0.3 is 0 Å². The Labute approximate surface area is 143 Å². The van der Waals surface area contributed by atoms with E-state index in [1.54, 1.807) is 24.6 Å². The van der Waals surface area contributed by atoms with Crippen LogP contribution in [0, 0.1) is 0 Å². The number of carbonyl (C=O) groups is 1. The summed E-state index contributed by atoms with van der Waals surface area (Å²) in [4.78, 5) is 16.4. The summed E-state index contributed by atoms with van der Waals surface area (Å²) >= 11 is 1.93. The molecule has 0 saturated heterocycles. The normalized spacial score (nSPS) is 10.8. The second-order valence-corrected chi connectivity index (χ2v) is 6.33. The number of thiazole rings is 1. The number of aromatic nitrogens is 3. The minimum absolute atomic E-state index is 0.00861. The van der Waals surface area contributed by atoms with Crippen molar-refractivity contribution in [3.8, 4) is 16.3 Å². The lowest BCUT2D eigenvalue weighted by Gasteiger charge is -2.00. The molecule has 0 bridgehead atoms. The van der Waals surface area contributed by atoms with Crippen LogP contribution in [0.1, 0.15) is 21.9 Å². The third-order valence-electron chi connectivity index (χ3n) is 2.92. The van der Waals surface area contributed by atoms with E-state index in [4.69, 9.17) is 4.74 Å². The first-order valence-corrected chi connectivity index (χ1v) is 8.29. The SMILES string of the molecule is COc1ccc(-c2nc(C(=O)Nc3nnc(C(F)F)s3)cs2)cc1. The molecule has 0 unspecified atom stereocenters. The Balaban J connectivity index is 1.72. The highest BCUT2D eigenvalue weighted by atomic mass is 32.1. The van der Waals surface area contributed by atoms with Crippen LogP contribution in [-0.2, 0) is 0 Å². The van der Waals surface area contributed by atoms with Crippen molar-refractivity contribution >= 4 is 33.7 Å². The Bertz CT molecular complexity index is 849. The molecular formula is C14H10F2N4O2S2. The number of hydrogen-bond acceptors (Lipinski definition) is 7. The van der Waals surface area contributed by atoms with Crippen LogP contribution in [0.15, 0.2) is 29.6 Å². The lowest BCUT2D eigenvalue weighted by atomic mass is 10.2. The van der Waals surface area contributed by atoms with Crippen LogP contribution in [0.3, 0.4) is 0 Å². The van der Waals surface area contributed by atoms with E-state index >= 15 is 0 Å². The average molecular weight is 368 g/mol. The van der Waals surface area contributed by atoms with Gasteiger partial charge in [0.05, 0.1) is 7.11 Å². The summed E-state index contributed by atoms with van der Waals surface area (Å²) in [5.74, 6) is 0.197. The molecule has 1 aromatic carbocycles. The van der Waals surface area contributed by atoms with Crippen LogP contribution in [0.5, 0.6) is 5.75 Å². The van der Waals surface area contributed by atoms with Crippen molar-refractivity contribution in [3.05, 3.63) is 40.3 Å². The van der Waals surface area contributed by atoms with Crippen molar-refractivity contribution in [2.75, 3.05) is 12.4 Å². The summed E-state index contributed by atoms with van der Waals surface area (Å²) in [6.07, 6.45) is -2.71. The van der Waals surface area contributed by atoms with Gasteiger partial charge in [0.2, 0.25) is 5.13 Å². The largest absolute Gasteiger partial charge is 0.497 e. The molecule has 3 aromatic rings. The van der Waals surface area contributed by atoms with E-state index in [1.807, 2.05) is 12.1 Å². The predicted molar refractivity (Wildman–Crippen MR) is 86.9 cm³/mol. The first-order chi connectivity index (χ1) is 11.6. The van der Waals surface area contributed by atoms with E-state index in [0.717, 1.165) is 11.3 Å². The van der Waals surface area contributed by atoms with Crippen LogP contribution in [0.2, 0.25) is 0 Å². The highest BCUT2D eigenvalue weighted by Crippen LogP contribution is 2.27. The number of nitrogens with zero attached hydrogens (tertiary/aromatic N) is 3. The summed E-state index contributed by atoms with van der Waals surface area (Å²) in [6.45, 7) is 0. The molecule has 1 N–H and O–H groups in total. The number of hydrogen-bond donors (Lipinski definition) is 1. The molecule has 0 saturated carbocycles. The van der Waals surface area contributed by atoms with Crippen molar-refractivity contribution in [1.82, 2.24) is 15.2 Å². The van der Waals surface area contributed by atoms with Gasteiger partial charge in [-0.1, -0.05) is 11.3 Å². The molecule has 24 heavy (non-hydrogen) atoms. The average Bonchev–Trinajstić information content (AvgIpc) is 3.24. The van der Waals surface area contributed by atoms with Crippen LogP contribution in [0.25, 0.3) is 10.6 Å². The van der Waals surface area contributed by atoms with Crippen molar-refractivity contribution in [2.45, 2.75) is 6.43 Å². The molecule has 2 aromatic heterocycles. The summed E-state index contributed by atoms with van der Waals surface area (Å²) < 4.78 is 30.0. The monoisotopic (exact) mass is 368 g/mol. The molecule has 0 radical (unpaired) electrons. The van der Waals surface area contributed by atoms with Crippen molar-refractivity contribution in [1.29, 1.82) is 0 Å². The van der Waals surface area contributed by atoms with Crippen LogP contribution >= 0.6 is 22.7 Å². The Morgan fingerprint density at radius 3 is 2.62 bits per heavy atom. The number of alkyl halides is 2. The third kappa shape index (κ3) is 3.54. The van der Waals surface area contributed by atoms with Gasteiger partial charge in [0.15, 0.2) is 5.01 Å². The smallest absolute Gasteiger partial charge is 0.291 e. The summed E-state index contributed by atoms with van der Waals surface area (Å²) in [6, 6.07) is 7.26. The van der Waals surface area contributed by atoms with Crippen LogP contribution < -0.4 is 10.1 Å². The maximum Gasteiger partial charge on any atom is 0.291 e. The lowest BCUT2D eigenvalue weighted by Crippen LogP contribution is -2.12. The van der Waals surface area contributed by atoms with Gasteiger partial charge in [-0.05, 0) is 24.3 Å². The van der Waals surface area contributed by atoms with Gasteiger partial charge in [-0.15, -0.1) is 21.5 Å². The number of carbonyl (C=O) groups excluding carboxylic acids is 1. The van der Waals surface area contributed by atoms with E-state index in [2.05, 4.69) is 20.5 Å². The molecule has 0 atom stereocenters. The second-order valence-electron chi connectivity index (χ2n) is 4.47. The maximum absolute atomic E-state index is 12.5.